The maximum Gasteiger partial charge on any atom is 0.325 e. The van der Waals surface area contributed by atoms with E-state index in [1.54, 1.807) is 4.90 Å². The number of likely N-dealkylation sites (tertiary alicyclic amines) is 1. The molecule has 3 fully saturated rings. The van der Waals surface area contributed by atoms with Crippen molar-refractivity contribution in [3.63, 3.8) is 0 Å². The van der Waals surface area contributed by atoms with E-state index in [1.165, 1.54) is 10.9 Å². The van der Waals surface area contributed by atoms with E-state index >= 15 is 0 Å². The minimum atomic E-state index is -0.808. The topological polar surface area (TPSA) is 85.5 Å². The maximum atomic E-state index is 13.1. The van der Waals surface area contributed by atoms with E-state index in [2.05, 4.69) is 34.7 Å². The Bertz CT molecular complexity index is 1020. The first kappa shape index (κ1) is 20.1. The van der Waals surface area contributed by atoms with Gasteiger partial charge in [-0.15, -0.1) is 0 Å². The summed E-state index contributed by atoms with van der Waals surface area (Å²) in [5.74, 6) is 0.154. The standard InChI is InChI=1S/C24H30N4O3/c1-16-6-4-5-11-24(16)22(30)28(23(31)26-24)15-21(29)27-12-9-17(10-13-27)19-14-25-20-8-3-2-7-18(19)20/h2-3,7-8,14,16-17,25H,4-6,9-13,15H2,1H3,(H,26,31)/t16-,24-/m1/s1. The number of aromatic amines is 1. The smallest absolute Gasteiger partial charge is 0.325 e. The number of amides is 4. The summed E-state index contributed by atoms with van der Waals surface area (Å²) in [4.78, 5) is 44.9. The van der Waals surface area contributed by atoms with Crippen molar-refractivity contribution in [1.82, 2.24) is 20.1 Å². The lowest BCUT2D eigenvalue weighted by atomic mass is 9.73. The van der Waals surface area contributed by atoms with Crippen molar-refractivity contribution in [2.75, 3.05) is 19.6 Å². The van der Waals surface area contributed by atoms with Crippen LogP contribution in [0.3, 0.4) is 0 Å². The summed E-state index contributed by atoms with van der Waals surface area (Å²) < 4.78 is 0. The summed E-state index contributed by atoms with van der Waals surface area (Å²) in [6, 6.07) is 7.88. The van der Waals surface area contributed by atoms with Crippen LogP contribution in [0.25, 0.3) is 10.9 Å². The molecule has 3 heterocycles. The van der Waals surface area contributed by atoms with Crippen molar-refractivity contribution in [2.24, 2.45) is 5.92 Å². The minimum absolute atomic E-state index is 0.102. The molecule has 5 rings (SSSR count). The lowest BCUT2D eigenvalue weighted by molar-refractivity contribution is -0.141. The van der Waals surface area contributed by atoms with E-state index in [0.29, 0.717) is 25.4 Å². The summed E-state index contributed by atoms with van der Waals surface area (Å²) in [5.41, 5.74) is 1.64. The fourth-order valence-corrected chi connectivity index (χ4v) is 5.75. The number of hydrogen-bond donors (Lipinski definition) is 2. The number of benzene rings is 1. The van der Waals surface area contributed by atoms with Crippen LogP contribution >= 0.6 is 0 Å². The molecule has 7 heteroatoms. The molecule has 2 atom stereocenters. The second kappa shape index (κ2) is 7.70. The fourth-order valence-electron chi connectivity index (χ4n) is 5.75. The number of nitrogens with zero attached hydrogens (tertiary/aromatic N) is 2. The zero-order chi connectivity index (χ0) is 21.6. The van der Waals surface area contributed by atoms with Gasteiger partial charge in [-0.1, -0.05) is 38.0 Å². The van der Waals surface area contributed by atoms with Crippen LogP contribution < -0.4 is 5.32 Å². The molecule has 0 radical (unpaired) electrons. The van der Waals surface area contributed by atoms with Gasteiger partial charge in [0.05, 0.1) is 0 Å². The zero-order valence-electron chi connectivity index (χ0n) is 18.0. The molecule has 2 N–H and O–H groups in total. The number of piperidine rings is 1. The van der Waals surface area contributed by atoms with Crippen molar-refractivity contribution in [1.29, 1.82) is 0 Å². The molecule has 2 saturated heterocycles. The molecule has 2 aromatic rings. The third-order valence-corrected chi connectivity index (χ3v) is 7.70. The van der Waals surface area contributed by atoms with Gasteiger partial charge in [0.2, 0.25) is 5.91 Å². The van der Waals surface area contributed by atoms with Gasteiger partial charge in [-0.25, -0.2) is 4.79 Å². The van der Waals surface area contributed by atoms with Crippen molar-refractivity contribution >= 4 is 28.7 Å². The number of urea groups is 1. The van der Waals surface area contributed by atoms with Gasteiger partial charge >= 0.3 is 6.03 Å². The molecule has 1 spiro atoms. The van der Waals surface area contributed by atoms with Gasteiger partial charge < -0.3 is 15.2 Å². The summed E-state index contributed by atoms with van der Waals surface area (Å²) in [7, 11) is 0. The lowest BCUT2D eigenvalue weighted by Gasteiger charge is -2.37. The fraction of sp³-hybridized carbons (Fsp3) is 0.542. The van der Waals surface area contributed by atoms with Crippen LogP contribution in [-0.2, 0) is 9.59 Å². The van der Waals surface area contributed by atoms with Gasteiger partial charge in [-0.05, 0) is 49.1 Å². The van der Waals surface area contributed by atoms with Gasteiger partial charge in [0.25, 0.3) is 5.91 Å². The number of nitrogens with one attached hydrogen (secondary N) is 2. The van der Waals surface area contributed by atoms with Crippen LogP contribution in [0.4, 0.5) is 4.79 Å². The normalized spacial score (nSPS) is 27.3. The summed E-state index contributed by atoms with van der Waals surface area (Å²) >= 11 is 0. The molecule has 0 unspecified atom stereocenters. The van der Waals surface area contributed by atoms with E-state index in [-0.39, 0.29) is 24.3 Å². The molecular weight excluding hydrogens is 392 g/mol. The number of carbonyl (C=O) groups excluding carboxylic acids is 3. The predicted molar refractivity (Wildman–Crippen MR) is 117 cm³/mol. The zero-order valence-corrected chi connectivity index (χ0v) is 18.0. The number of imide groups is 1. The van der Waals surface area contributed by atoms with Crippen LogP contribution in [0.5, 0.6) is 0 Å². The number of H-pyrrole nitrogens is 1. The van der Waals surface area contributed by atoms with Crippen LogP contribution in [0.2, 0.25) is 0 Å². The number of aromatic nitrogens is 1. The van der Waals surface area contributed by atoms with Crippen LogP contribution in [0.1, 0.15) is 56.9 Å². The van der Waals surface area contributed by atoms with E-state index in [1.807, 2.05) is 13.0 Å². The van der Waals surface area contributed by atoms with Crippen LogP contribution in [0, 0.1) is 5.92 Å². The Kier molecular flexibility index (Phi) is 4.99. The SMILES string of the molecule is C[C@@H]1CCCC[C@@]12NC(=O)N(CC(=O)N1CCC(c3c[nH]c4ccccc34)CC1)C2=O. The van der Waals surface area contributed by atoms with Gasteiger partial charge in [0, 0.05) is 30.2 Å². The summed E-state index contributed by atoms with van der Waals surface area (Å²) in [5, 5.41) is 4.18. The minimum Gasteiger partial charge on any atom is -0.361 e. The molecule has 1 aliphatic carbocycles. The molecule has 1 aromatic heterocycles. The first-order valence-electron chi connectivity index (χ1n) is 11.5. The largest absolute Gasteiger partial charge is 0.361 e. The third-order valence-electron chi connectivity index (χ3n) is 7.70. The molecule has 1 aromatic carbocycles. The van der Waals surface area contributed by atoms with Gasteiger partial charge in [0.1, 0.15) is 12.1 Å². The van der Waals surface area contributed by atoms with Gasteiger partial charge in [-0.3, -0.25) is 14.5 Å². The molecule has 0 bridgehead atoms. The Hall–Kier alpha value is -2.83. The van der Waals surface area contributed by atoms with E-state index in [0.717, 1.165) is 42.5 Å². The highest BCUT2D eigenvalue weighted by atomic mass is 16.2. The highest BCUT2D eigenvalue weighted by molar-refractivity contribution is 6.09. The second-order valence-electron chi connectivity index (χ2n) is 9.38. The number of carbonyl (C=O) groups is 3. The first-order valence-corrected chi connectivity index (χ1v) is 11.5. The van der Waals surface area contributed by atoms with E-state index in [9.17, 15) is 14.4 Å². The first-order chi connectivity index (χ1) is 15.0. The molecule has 3 aliphatic rings. The molecule has 1 saturated carbocycles. The Morgan fingerprint density at radius 3 is 2.68 bits per heavy atom. The molecular formula is C24H30N4O3. The molecule has 7 nitrogen and oxygen atoms in total. The van der Waals surface area contributed by atoms with E-state index in [4.69, 9.17) is 0 Å². The van der Waals surface area contributed by atoms with Gasteiger partial charge in [-0.2, -0.15) is 0 Å². The number of fused-ring (bicyclic) bond motifs is 1. The average Bonchev–Trinajstić information content (AvgIpc) is 3.31. The molecule has 2 aliphatic heterocycles. The Labute approximate surface area is 182 Å². The summed E-state index contributed by atoms with van der Waals surface area (Å²) in [6.45, 7) is 3.16. The number of hydrogen-bond acceptors (Lipinski definition) is 3. The highest BCUT2D eigenvalue weighted by Crippen LogP contribution is 2.38. The second-order valence-corrected chi connectivity index (χ2v) is 9.38. The van der Waals surface area contributed by atoms with Crippen molar-refractivity contribution in [3.8, 4) is 0 Å². The molecule has 164 valence electrons. The summed E-state index contributed by atoms with van der Waals surface area (Å²) in [6.07, 6.45) is 7.46. The number of rotatable bonds is 3. The monoisotopic (exact) mass is 422 g/mol. The van der Waals surface area contributed by atoms with Crippen molar-refractivity contribution in [3.05, 3.63) is 36.0 Å². The van der Waals surface area contributed by atoms with Crippen molar-refractivity contribution < 1.29 is 14.4 Å². The Morgan fingerprint density at radius 1 is 1.13 bits per heavy atom. The van der Waals surface area contributed by atoms with Crippen LogP contribution in [-0.4, -0.2) is 57.8 Å². The maximum absolute atomic E-state index is 13.1. The Morgan fingerprint density at radius 2 is 1.90 bits per heavy atom. The number of para-hydroxylation sites is 1. The third kappa shape index (κ3) is 3.30. The van der Waals surface area contributed by atoms with Gasteiger partial charge in [0.15, 0.2) is 0 Å². The Balaban J connectivity index is 1.22. The molecule has 31 heavy (non-hydrogen) atoms. The molecule has 4 amide bonds. The van der Waals surface area contributed by atoms with Crippen molar-refractivity contribution in [2.45, 2.75) is 56.9 Å². The predicted octanol–water partition coefficient (Wildman–Crippen LogP) is 3.37. The quantitative estimate of drug-likeness (QED) is 0.744. The van der Waals surface area contributed by atoms with Crippen LogP contribution in [0.15, 0.2) is 30.5 Å². The highest BCUT2D eigenvalue weighted by Gasteiger charge is 2.55. The average molecular weight is 423 g/mol. The van der Waals surface area contributed by atoms with E-state index < -0.39 is 11.6 Å². The lowest BCUT2D eigenvalue weighted by Crippen LogP contribution is -2.54.